The van der Waals surface area contributed by atoms with Gasteiger partial charge >= 0.3 is 0 Å². The first kappa shape index (κ1) is 28.6. The van der Waals surface area contributed by atoms with E-state index in [0.29, 0.717) is 35.5 Å². The summed E-state index contributed by atoms with van der Waals surface area (Å²) in [7, 11) is -3.54. The predicted octanol–water partition coefficient (Wildman–Crippen LogP) is 5.49. The molecular weight excluding hydrogens is 522 g/mol. The van der Waals surface area contributed by atoms with Crippen LogP contribution in [0.5, 0.6) is 0 Å². The van der Waals surface area contributed by atoms with Crippen LogP contribution in [0.25, 0.3) is 0 Å². The molecule has 0 aliphatic heterocycles. The largest absolute Gasteiger partial charge is 0.352 e. The molecule has 0 radical (unpaired) electrons. The van der Waals surface area contributed by atoms with Crippen molar-refractivity contribution >= 4 is 33.2 Å². The number of sulfonamides is 1. The van der Waals surface area contributed by atoms with E-state index in [9.17, 15) is 18.0 Å². The Morgan fingerprint density at radius 1 is 0.775 bits per heavy atom. The smallest absolute Gasteiger partial charge is 0.255 e. The van der Waals surface area contributed by atoms with E-state index in [1.54, 1.807) is 48.5 Å². The van der Waals surface area contributed by atoms with Crippen molar-refractivity contribution in [1.29, 1.82) is 0 Å². The molecule has 0 aliphatic rings. The second kappa shape index (κ2) is 12.6. The molecule has 8 heteroatoms. The average molecular weight is 556 g/mol. The number of carbonyl (C=O) groups is 2. The summed E-state index contributed by atoms with van der Waals surface area (Å²) >= 11 is 0. The van der Waals surface area contributed by atoms with Crippen molar-refractivity contribution in [3.05, 3.63) is 130 Å². The number of nitrogens with zero attached hydrogens (tertiary/aromatic N) is 1. The lowest BCUT2D eigenvalue weighted by Crippen LogP contribution is -2.30. The topological polar surface area (TPSA) is 95.6 Å². The number of aryl methyl sites for hydroxylation is 2. The van der Waals surface area contributed by atoms with Crippen LogP contribution in [-0.4, -0.2) is 33.0 Å². The van der Waals surface area contributed by atoms with Crippen LogP contribution in [-0.2, 0) is 23.0 Å². The summed E-state index contributed by atoms with van der Waals surface area (Å²) in [6.07, 6.45) is 1.89. The van der Waals surface area contributed by atoms with E-state index in [4.69, 9.17) is 0 Å². The van der Waals surface area contributed by atoms with E-state index in [1.165, 1.54) is 10.6 Å². The van der Waals surface area contributed by atoms with E-state index in [1.807, 2.05) is 62.4 Å². The van der Waals surface area contributed by atoms with Crippen LogP contribution in [0.15, 0.2) is 97.1 Å². The van der Waals surface area contributed by atoms with Crippen molar-refractivity contribution in [1.82, 2.24) is 5.32 Å². The zero-order valence-corrected chi connectivity index (χ0v) is 23.7. The Kier molecular flexibility index (Phi) is 9.01. The third-order valence-electron chi connectivity index (χ3n) is 6.54. The Morgan fingerprint density at radius 3 is 2.15 bits per heavy atom. The fraction of sp³-hybridized carbons (Fsp3) is 0.188. The molecular formula is C32H33N3O4S. The van der Waals surface area contributed by atoms with Crippen molar-refractivity contribution in [3.63, 3.8) is 0 Å². The summed E-state index contributed by atoms with van der Waals surface area (Å²) in [5.41, 5.74) is 5.48. The van der Waals surface area contributed by atoms with Gasteiger partial charge in [0.15, 0.2) is 0 Å². The lowest BCUT2D eigenvalue weighted by atomic mass is 10.1. The molecule has 40 heavy (non-hydrogen) atoms. The summed E-state index contributed by atoms with van der Waals surface area (Å²) in [5, 5.41) is 5.75. The summed E-state index contributed by atoms with van der Waals surface area (Å²) in [4.78, 5) is 25.9. The molecule has 0 aliphatic carbocycles. The van der Waals surface area contributed by atoms with Gasteiger partial charge in [-0.05, 0) is 72.9 Å². The fourth-order valence-electron chi connectivity index (χ4n) is 4.34. The highest BCUT2D eigenvalue weighted by Crippen LogP contribution is 2.26. The Morgan fingerprint density at radius 2 is 1.45 bits per heavy atom. The molecule has 0 atom stereocenters. The number of carbonyl (C=O) groups excluding carboxylic acids is 2. The molecule has 7 nitrogen and oxygen atoms in total. The molecule has 0 heterocycles. The van der Waals surface area contributed by atoms with Gasteiger partial charge in [-0.15, -0.1) is 0 Å². The van der Waals surface area contributed by atoms with Crippen LogP contribution in [0.4, 0.5) is 11.4 Å². The number of nitrogens with one attached hydrogen (secondary N) is 2. The summed E-state index contributed by atoms with van der Waals surface area (Å²) in [6, 6.07) is 29.2. The van der Waals surface area contributed by atoms with Crippen molar-refractivity contribution in [3.8, 4) is 0 Å². The van der Waals surface area contributed by atoms with Gasteiger partial charge in [0.2, 0.25) is 10.0 Å². The fourth-order valence-corrected chi connectivity index (χ4v) is 5.28. The number of para-hydroxylation sites is 1. The van der Waals surface area contributed by atoms with Crippen LogP contribution in [0.2, 0.25) is 0 Å². The van der Waals surface area contributed by atoms with Crippen molar-refractivity contribution in [2.45, 2.75) is 26.8 Å². The third-order valence-corrected chi connectivity index (χ3v) is 7.66. The lowest BCUT2D eigenvalue weighted by molar-refractivity contribution is 0.0955. The average Bonchev–Trinajstić information content (AvgIpc) is 2.93. The van der Waals surface area contributed by atoms with Crippen LogP contribution < -0.4 is 14.9 Å². The van der Waals surface area contributed by atoms with Crippen LogP contribution in [0, 0.1) is 13.8 Å². The summed E-state index contributed by atoms with van der Waals surface area (Å²) in [6.45, 7) is 4.40. The first-order valence-electron chi connectivity index (χ1n) is 13.0. The minimum Gasteiger partial charge on any atom is -0.352 e. The van der Waals surface area contributed by atoms with E-state index >= 15 is 0 Å². The first-order chi connectivity index (χ1) is 19.1. The molecule has 4 aromatic rings. The Balaban J connectivity index is 1.43. The monoisotopic (exact) mass is 555 g/mol. The molecule has 206 valence electrons. The third kappa shape index (κ3) is 7.36. The molecule has 4 rings (SSSR count). The molecule has 0 fully saturated rings. The standard InChI is InChI=1S/C32H33N3O4S/c1-23-13-14-24(2)30(21-23)35(40(3,38)39)22-26-15-17-27(18-16-26)31(36)34-29-12-8-7-11-28(29)32(37)33-20-19-25-9-5-4-6-10-25/h4-18,21H,19-20,22H2,1-3H3,(H,33,37)(H,34,36). The Hall–Kier alpha value is -4.43. The quantitative estimate of drug-likeness (QED) is 0.270. The molecule has 0 bridgehead atoms. The van der Waals surface area contributed by atoms with Crippen molar-refractivity contribution in [2.24, 2.45) is 0 Å². The van der Waals surface area contributed by atoms with E-state index in [0.717, 1.165) is 22.3 Å². The van der Waals surface area contributed by atoms with Crippen LogP contribution >= 0.6 is 0 Å². The molecule has 2 N–H and O–H groups in total. The van der Waals surface area contributed by atoms with Gasteiger partial charge in [0.25, 0.3) is 11.8 Å². The number of rotatable bonds is 10. The second-order valence-electron chi connectivity index (χ2n) is 9.75. The van der Waals surface area contributed by atoms with Gasteiger partial charge in [0, 0.05) is 12.1 Å². The SMILES string of the molecule is Cc1ccc(C)c(N(Cc2ccc(C(=O)Nc3ccccc3C(=O)NCCc3ccccc3)cc2)S(C)(=O)=O)c1. The van der Waals surface area contributed by atoms with Gasteiger partial charge in [-0.3, -0.25) is 13.9 Å². The van der Waals surface area contributed by atoms with Crippen molar-refractivity contribution < 1.29 is 18.0 Å². The Bertz CT molecular complexity index is 1600. The van der Waals surface area contributed by atoms with E-state index < -0.39 is 10.0 Å². The highest BCUT2D eigenvalue weighted by atomic mass is 32.2. The molecule has 0 saturated carbocycles. The van der Waals surface area contributed by atoms with E-state index in [2.05, 4.69) is 10.6 Å². The molecule has 0 aromatic heterocycles. The number of anilines is 2. The molecule has 0 spiro atoms. The second-order valence-corrected chi connectivity index (χ2v) is 11.7. The first-order valence-corrected chi connectivity index (χ1v) is 14.8. The molecule has 0 saturated heterocycles. The summed E-state index contributed by atoms with van der Waals surface area (Å²) in [5.74, 6) is -0.639. The van der Waals surface area contributed by atoms with Gasteiger partial charge in [0.1, 0.15) is 0 Å². The maximum absolute atomic E-state index is 13.0. The van der Waals surface area contributed by atoms with Crippen LogP contribution in [0.1, 0.15) is 43.0 Å². The van der Waals surface area contributed by atoms with Gasteiger partial charge < -0.3 is 10.6 Å². The number of hydrogen-bond acceptors (Lipinski definition) is 4. The molecule has 0 unspecified atom stereocenters. The predicted molar refractivity (Wildman–Crippen MR) is 160 cm³/mol. The number of hydrogen-bond donors (Lipinski definition) is 2. The van der Waals surface area contributed by atoms with Gasteiger partial charge in [0.05, 0.1) is 29.7 Å². The maximum atomic E-state index is 13.0. The minimum absolute atomic E-state index is 0.136. The van der Waals surface area contributed by atoms with Gasteiger partial charge in [-0.1, -0.05) is 66.7 Å². The minimum atomic E-state index is -3.54. The highest BCUT2D eigenvalue weighted by molar-refractivity contribution is 7.92. The van der Waals surface area contributed by atoms with Crippen LogP contribution in [0.3, 0.4) is 0 Å². The van der Waals surface area contributed by atoms with E-state index in [-0.39, 0.29) is 18.4 Å². The Labute approximate surface area is 235 Å². The zero-order valence-electron chi connectivity index (χ0n) is 22.8. The highest BCUT2D eigenvalue weighted by Gasteiger charge is 2.20. The van der Waals surface area contributed by atoms with Gasteiger partial charge in [-0.25, -0.2) is 8.42 Å². The maximum Gasteiger partial charge on any atom is 0.255 e. The van der Waals surface area contributed by atoms with Crippen molar-refractivity contribution in [2.75, 3.05) is 22.4 Å². The number of benzene rings is 4. The molecule has 2 amide bonds. The lowest BCUT2D eigenvalue weighted by Gasteiger charge is -2.25. The normalized spacial score (nSPS) is 11.1. The number of amides is 2. The zero-order chi connectivity index (χ0) is 28.7. The molecule has 4 aromatic carbocycles. The van der Waals surface area contributed by atoms with Gasteiger partial charge in [-0.2, -0.15) is 0 Å². The summed E-state index contributed by atoms with van der Waals surface area (Å²) < 4.78 is 26.6.